The van der Waals surface area contributed by atoms with Crippen LogP contribution in [-0.2, 0) is 19.6 Å². The maximum absolute atomic E-state index is 6.08. The molecule has 140 valence electrons. The van der Waals surface area contributed by atoms with Crippen molar-refractivity contribution in [3.05, 3.63) is 100 Å². The van der Waals surface area contributed by atoms with Gasteiger partial charge in [-0.25, -0.2) is 0 Å². The van der Waals surface area contributed by atoms with Gasteiger partial charge in [-0.3, -0.25) is 0 Å². The number of aryl methyl sites for hydroxylation is 1. The van der Waals surface area contributed by atoms with Gasteiger partial charge in [0, 0.05) is 22.6 Å². The van der Waals surface area contributed by atoms with Crippen LogP contribution in [0, 0.1) is 0 Å². The Labute approximate surface area is 170 Å². The first-order valence-corrected chi connectivity index (χ1v) is 10.2. The second-order valence-corrected chi connectivity index (χ2v) is 7.75. The first kappa shape index (κ1) is 19.7. The highest BCUT2D eigenvalue weighted by atomic mass is 79.9. The minimum absolute atomic E-state index is 0.436. The van der Waals surface area contributed by atoms with Gasteiger partial charge in [-0.05, 0) is 49.1 Å². The van der Waals surface area contributed by atoms with Gasteiger partial charge in [0.2, 0.25) is 0 Å². The molecule has 0 fully saturated rings. The molecule has 3 rings (SSSR count). The summed E-state index contributed by atoms with van der Waals surface area (Å²) in [6.45, 7) is 3.62. The zero-order valence-corrected chi connectivity index (χ0v) is 17.3. The highest BCUT2D eigenvalue weighted by Crippen LogP contribution is 2.24. The molecule has 27 heavy (non-hydrogen) atoms. The quantitative estimate of drug-likeness (QED) is 0.446. The van der Waals surface area contributed by atoms with Crippen molar-refractivity contribution >= 4 is 15.9 Å². The fraction of sp³-hybridized carbons (Fsp3) is 0.250. The molecule has 3 aromatic carbocycles. The minimum atomic E-state index is 0.436. The molecule has 1 N–H and O–H groups in total. The summed E-state index contributed by atoms with van der Waals surface area (Å²) in [5, 5.41) is 3.63. The van der Waals surface area contributed by atoms with E-state index in [4.69, 9.17) is 4.74 Å². The smallest absolute Gasteiger partial charge is 0.124 e. The van der Waals surface area contributed by atoms with E-state index in [1.807, 2.05) is 30.3 Å². The van der Waals surface area contributed by atoms with Crippen LogP contribution in [0.4, 0.5) is 0 Å². The van der Waals surface area contributed by atoms with Gasteiger partial charge < -0.3 is 10.1 Å². The summed E-state index contributed by atoms with van der Waals surface area (Å²) in [5.41, 5.74) is 3.74. The predicted octanol–water partition coefficient (Wildman–Crippen LogP) is 6.14. The second-order valence-electron chi connectivity index (χ2n) is 6.83. The van der Waals surface area contributed by atoms with Crippen molar-refractivity contribution in [3.63, 3.8) is 0 Å². The molecule has 0 saturated carbocycles. The monoisotopic (exact) mass is 423 g/mol. The third kappa shape index (κ3) is 6.53. The van der Waals surface area contributed by atoms with Gasteiger partial charge in [-0.15, -0.1) is 0 Å². The summed E-state index contributed by atoms with van der Waals surface area (Å²) in [5.74, 6) is 0.935. The molecule has 0 aliphatic heterocycles. The lowest BCUT2D eigenvalue weighted by Gasteiger charge is -2.17. The van der Waals surface area contributed by atoms with E-state index in [2.05, 4.69) is 76.7 Å². The van der Waals surface area contributed by atoms with Crippen LogP contribution >= 0.6 is 15.9 Å². The molecular weight excluding hydrogens is 398 g/mol. The standard InChI is InChI=1S/C24H26BrNO/c1-19(12-13-20-8-4-2-5-9-20)26-17-22-16-23(25)14-15-24(22)27-18-21-10-6-3-7-11-21/h2-11,14-16,19,26H,12-13,17-18H2,1H3/t19-/m1/s1. The SMILES string of the molecule is C[C@H](CCc1ccccc1)NCc1cc(Br)ccc1OCc1ccccc1. The number of rotatable bonds is 9. The van der Waals surface area contributed by atoms with E-state index in [0.29, 0.717) is 12.6 Å². The number of hydrogen-bond donors (Lipinski definition) is 1. The molecule has 0 bridgehead atoms. The number of ether oxygens (including phenoxy) is 1. The summed E-state index contributed by atoms with van der Waals surface area (Å²) in [4.78, 5) is 0. The number of hydrogen-bond acceptors (Lipinski definition) is 2. The highest BCUT2D eigenvalue weighted by Gasteiger charge is 2.08. The fourth-order valence-electron chi connectivity index (χ4n) is 2.98. The van der Waals surface area contributed by atoms with Crippen LogP contribution in [0.5, 0.6) is 5.75 Å². The largest absolute Gasteiger partial charge is 0.489 e. The Morgan fingerprint density at radius 3 is 2.26 bits per heavy atom. The summed E-state index contributed by atoms with van der Waals surface area (Å²) in [6.07, 6.45) is 2.20. The summed E-state index contributed by atoms with van der Waals surface area (Å²) in [6, 6.07) is 27.6. The van der Waals surface area contributed by atoms with Crippen molar-refractivity contribution in [2.45, 2.75) is 39.0 Å². The zero-order chi connectivity index (χ0) is 18.9. The van der Waals surface area contributed by atoms with Gasteiger partial charge >= 0.3 is 0 Å². The molecule has 0 heterocycles. The van der Waals surface area contributed by atoms with Gasteiger partial charge in [0.25, 0.3) is 0 Å². The summed E-state index contributed by atoms with van der Waals surface area (Å²) in [7, 11) is 0. The van der Waals surface area contributed by atoms with Crippen LogP contribution in [0.15, 0.2) is 83.3 Å². The fourth-order valence-corrected chi connectivity index (χ4v) is 3.38. The normalized spacial score (nSPS) is 11.9. The van der Waals surface area contributed by atoms with Crippen LogP contribution in [0.3, 0.4) is 0 Å². The van der Waals surface area contributed by atoms with E-state index >= 15 is 0 Å². The maximum Gasteiger partial charge on any atom is 0.124 e. The molecule has 3 heteroatoms. The topological polar surface area (TPSA) is 21.3 Å². The molecule has 1 atom stereocenters. The number of nitrogens with one attached hydrogen (secondary N) is 1. The molecule has 0 unspecified atom stereocenters. The third-order valence-electron chi connectivity index (χ3n) is 4.61. The molecular formula is C24H26BrNO. The minimum Gasteiger partial charge on any atom is -0.489 e. The van der Waals surface area contributed by atoms with Crippen molar-refractivity contribution < 1.29 is 4.74 Å². The molecule has 0 aliphatic carbocycles. The predicted molar refractivity (Wildman–Crippen MR) is 116 cm³/mol. The Morgan fingerprint density at radius 2 is 1.56 bits per heavy atom. The van der Waals surface area contributed by atoms with E-state index in [1.54, 1.807) is 0 Å². The van der Waals surface area contributed by atoms with Crippen molar-refractivity contribution in [2.24, 2.45) is 0 Å². The Hall–Kier alpha value is -2.10. The van der Waals surface area contributed by atoms with Crippen LogP contribution < -0.4 is 10.1 Å². The number of benzene rings is 3. The Balaban J connectivity index is 1.54. The molecule has 0 spiro atoms. The van der Waals surface area contributed by atoms with Crippen LogP contribution in [0.25, 0.3) is 0 Å². The Kier molecular flexibility index (Phi) is 7.49. The van der Waals surface area contributed by atoms with E-state index in [0.717, 1.165) is 29.6 Å². The van der Waals surface area contributed by atoms with Gasteiger partial charge in [0.05, 0.1) is 0 Å². The molecule has 0 saturated heterocycles. The van der Waals surface area contributed by atoms with Crippen molar-refractivity contribution in [3.8, 4) is 5.75 Å². The third-order valence-corrected chi connectivity index (χ3v) is 5.10. The van der Waals surface area contributed by atoms with Crippen molar-refractivity contribution in [1.29, 1.82) is 0 Å². The van der Waals surface area contributed by atoms with Gasteiger partial charge in [-0.2, -0.15) is 0 Å². The average molecular weight is 424 g/mol. The number of halogens is 1. The van der Waals surface area contributed by atoms with E-state index in [1.165, 1.54) is 16.7 Å². The van der Waals surface area contributed by atoms with Gasteiger partial charge in [-0.1, -0.05) is 76.6 Å². The van der Waals surface area contributed by atoms with Crippen LogP contribution in [0.2, 0.25) is 0 Å². The average Bonchev–Trinajstić information content (AvgIpc) is 2.71. The Morgan fingerprint density at radius 1 is 0.889 bits per heavy atom. The first-order valence-electron chi connectivity index (χ1n) is 9.43. The van der Waals surface area contributed by atoms with E-state index in [9.17, 15) is 0 Å². The Bertz CT molecular complexity index is 820. The highest BCUT2D eigenvalue weighted by molar-refractivity contribution is 9.10. The summed E-state index contributed by atoms with van der Waals surface area (Å²) >= 11 is 3.58. The molecule has 2 nitrogen and oxygen atoms in total. The van der Waals surface area contributed by atoms with Crippen LogP contribution in [0.1, 0.15) is 30.0 Å². The van der Waals surface area contributed by atoms with Gasteiger partial charge in [0.15, 0.2) is 0 Å². The first-order chi connectivity index (χ1) is 13.2. The molecule has 0 aromatic heterocycles. The lowest BCUT2D eigenvalue weighted by atomic mass is 10.1. The second kappa shape index (κ2) is 10.3. The zero-order valence-electron chi connectivity index (χ0n) is 15.7. The molecule has 0 aliphatic rings. The lowest BCUT2D eigenvalue weighted by molar-refractivity contribution is 0.301. The molecule has 3 aromatic rings. The van der Waals surface area contributed by atoms with Crippen molar-refractivity contribution in [2.75, 3.05) is 0 Å². The van der Waals surface area contributed by atoms with Gasteiger partial charge in [0.1, 0.15) is 12.4 Å². The van der Waals surface area contributed by atoms with E-state index < -0.39 is 0 Å². The summed E-state index contributed by atoms with van der Waals surface area (Å²) < 4.78 is 7.15. The van der Waals surface area contributed by atoms with E-state index in [-0.39, 0.29) is 0 Å². The molecule has 0 radical (unpaired) electrons. The van der Waals surface area contributed by atoms with Crippen molar-refractivity contribution in [1.82, 2.24) is 5.32 Å². The lowest BCUT2D eigenvalue weighted by Crippen LogP contribution is -2.26. The maximum atomic E-state index is 6.08. The molecule has 0 amide bonds. The van der Waals surface area contributed by atoms with Crippen LogP contribution in [-0.4, -0.2) is 6.04 Å².